The lowest BCUT2D eigenvalue weighted by atomic mass is 10.3. The van der Waals surface area contributed by atoms with Gasteiger partial charge in [0.25, 0.3) is 0 Å². The number of carbonyl (C=O) groups is 1. The van der Waals surface area contributed by atoms with Gasteiger partial charge in [0.15, 0.2) is 0 Å². The minimum Gasteiger partial charge on any atom is -0.384 e. The van der Waals surface area contributed by atoms with Gasteiger partial charge >= 0.3 is 0 Å². The van der Waals surface area contributed by atoms with E-state index in [4.69, 9.17) is 11.6 Å². The molecule has 0 saturated heterocycles. The van der Waals surface area contributed by atoms with Crippen LogP contribution in [0.15, 0.2) is 46.9 Å². The average Bonchev–Trinajstić information content (AvgIpc) is 2.45. The van der Waals surface area contributed by atoms with Crippen molar-refractivity contribution in [3.05, 3.63) is 57.8 Å². The van der Waals surface area contributed by atoms with Crippen LogP contribution < -0.4 is 10.6 Å². The molecule has 2 rings (SSSR count). The van der Waals surface area contributed by atoms with Crippen LogP contribution in [-0.4, -0.2) is 12.5 Å². The maximum Gasteiger partial charge on any atom is 0.226 e. The highest BCUT2D eigenvalue weighted by Crippen LogP contribution is 2.19. The van der Waals surface area contributed by atoms with Crippen LogP contribution in [0.3, 0.4) is 0 Å². The van der Waals surface area contributed by atoms with E-state index in [-0.39, 0.29) is 10.9 Å². The molecule has 0 bridgehead atoms. The molecular weight excluding hydrogens is 359 g/mol. The van der Waals surface area contributed by atoms with Crippen LogP contribution >= 0.6 is 27.5 Å². The lowest BCUT2D eigenvalue weighted by molar-refractivity contribution is -0.115. The Morgan fingerprint density at radius 3 is 2.48 bits per heavy atom. The number of halogens is 3. The summed E-state index contributed by atoms with van der Waals surface area (Å²) in [6.07, 6.45) is 0.297. The number of benzene rings is 2. The first-order chi connectivity index (χ1) is 10.0. The monoisotopic (exact) mass is 370 g/mol. The molecule has 0 saturated carbocycles. The highest BCUT2D eigenvalue weighted by atomic mass is 79.9. The molecule has 0 spiro atoms. The lowest BCUT2D eigenvalue weighted by Gasteiger charge is -2.08. The van der Waals surface area contributed by atoms with E-state index in [1.807, 2.05) is 24.3 Å². The van der Waals surface area contributed by atoms with Gasteiger partial charge in [0.1, 0.15) is 5.82 Å². The van der Waals surface area contributed by atoms with E-state index in [9.17, 15) is 9.18 Å². The minimum absolute atomic E-state index is 0.0549. The quantitative estimate of drug-likeness (QED) is 0.801. The van der Waals surface area contributed by atoms with Gasteiger partial charge in [-0.1, -0.05) is 27.5 Å². The molecule has 0 aromatic heterocycles. The molecule has 21 heavy (non-hydrogen) atoms. The van der Waals surface area contributed by atoms with E-state index in [0.29, 0.717) is 18.7 Å². The maximum absolute atomic E-state index is 13.0. The summed E-state index contributed by atoms with van der Waals surface area (Å²) in [6, 6.07) is 11.7. The molecule has 1 amide bonds. The van der Waals surface area contributed by atoms with Crippen molar-refractivity contribution in [3.8, 4) is 0 Å². The largest absolute Gasteiger partial charge is 0.384 e. The highest BCUT2D eigenvalue weighted by Gasteiger charge is 2.04. The fourth-order valence-electron chi connectivity index (χ4n) is 1.68. The second kappa shape index (κ2) is 7.43. The summed E-state index contributed by atoms with van der Waals surface area (Å²) in [5.74, 6) is -0.562. The zero-order valence-electron chi connectivity index (χ0n) is 11.0. The Labute approximate surface area is 135 Å². The van der Waals surface area contributed by atoms with E-state index in [1.54, 1.807) is 6.07 Å². The van der Waals surface area contributed by atoms with Gasteiger partial charge in [-0.05, 0) is 42.5 Å². The third kappa shape index (κ3) is 5.02. The van der Waals surface area contributed by atoms with Gasteiger partial charge in [0, 0.05) is 28.8 Å². The summed E-state index contributed by atoms with van der Waals surface area (Å²) in [7, 11) is 0. The average molecular weight is 372 g/mol. The molecule has 0 aliphatic rings. The standard InChI is InChI=1S/C15H13BrClFN2O/c16-10-1-3-11(4-2-10)20-15(21)7-8-19-12-5-6-14(18)13(17)9-12/h1-6,9,19H,7-8H2,(H,20,21). The predicted octanol–water partition coefficient (Wildman–Crippen LogP) is 4.68. The van der Waals surface area contributed by atoms with Crippen molar-refractivity contribution < 1.29 is 9.18 Å². The Kier molecular flexibility index (Phi) is 5.59. The first-order valence-electron chi connectivity index (χ1n) is 6.29. The predicted molar refractivity (Wildman–Crippen MR) is 87.3 cm³/mol. The molecule has 6 heteroatoms. The zero-order chi connectivity index (χ0) is 15.2. The summed E-state index contributed by atoms with van der Waals surface area (Å²) < 4.78 is 13.9. The van der Waals surface area contributed by atoms with Crippen molar-refractivity contribution in [2.24, 2.45) is 0 Å². The molecule has 2 aromatic carbocycles. The Hall–Kier alpha value is -1.59. The van der Waals surface area contributed by atoms with Crippen LogP contribution in [0.5, 0.6) is 0 Å². The first kappa shape index (κ1) is 15.8. The van der Waals surface area contributed by atoms with Crippen molar-refractivity contribution >= 4 is 44.8 Å². The number of hydrogen-bond acceptors (Lipinski definition) is 2. The topological polar surface area (TPSA) is 41.1 Å². The summed E-state index contributed by atoms with van der Waals surface area (Å²) in [5, 5.41) is 5.86. The normalized spacial score (nSPS) is 10.2. The van der Waals surface area contributed by atoms with Gasteiger partial charge in [0.05, 0.1) is 5.02 Å². The van der Waals surface area contributed by atoms with E-state index < -0.39 is 5.82 Å². The van der Waals surface area contributed by atoms with Crippen molar-refractivity contribution in [2.45, 2.75) is 6.42 Å². The Balaban J connectivity index is 1.78. The second-order valence-electron chi connectivity index (χ2n) is 4.36. The summed E-state index contributed by atoms with van der Waals surface area (Å²) in [6.45, 7) is 0.435. The molecule has 110 valence electrons. The first-order valence-corrected chi connectivity index (χ1v) is 7.46. The summed E-state index contributed by atoms with van der Waals surface area (Å²) in [5.41, 5.74) is 1.42. The number of carbonyl (C=O) groups excluding carboxylic acids is 1. The van der Waals surface area contributed by atoms with Crippen molar-refractivity contribution in [2.75, 3.05) is 17.2 Å². The van der Waals surface area contributed by atoms with Crippen LogP contribution in [0.4, 0.5) is 15.8 Å². The number of hydrogen-bond donors (Lipinski definition) is 2. The Morgan fingerprint density at radius 1 is 1.14 bits per heavy atom. The van der Waals surface area contributed by atoms with E-state index >= 15 is 0 Å². The third-order valence-corrected chi connectivity index (χ3v) is 3.55. The van der Waals surface area contributed by atoms with Gasteiger partial charge < -0.3 is 10.6 Å². The molecule has 0 unspecified atom stereocenters. The Morgan fingerprint density at radius 2 is 1.81 bits per heavy atom. The van der Waals surface area contributed by atoms with Gasteiger partial charge in [-0.15, -0.1) is 0 Å². The van der Waals surface area contributed by atoms with Crippen LogP contribution in [0.2, 0.25) is 5.02 Å². The summed E-state index contributed by atoms with van der Waals surface area (Å²) in [4.78, 5) is 11.8. The molecule has 0 fully saturated rings. The fourth-order valence-corrected chi connectivity index (χ4v) is 2.13. The van der Waals surface area contributed by atoms with Gasteiger partial charge in [0.2, 0.25) is 5.91 Å². The van der Waals surface area contributed by atoms with Crippen LogP contribution in [-0.2, 0) is 4.79 Å². The molecule has 0 atom stereocenters. The molecule has 0 aliphatic carbocycles. The number of nitrogens with one attached hydrogen (secondary N) is 2. The van der Waals surface area contributed by atoms with Crippen LogP contribution in [0.1, 0.15) is 6.42 Å². The van der Waals surface area contributed by atoms with Gasteiger partial charge in [-0.3, -0.25) is 4.79 Å². The molecule has 2 N–H and O–H groups in total. The molecule has 0 heterocycles. The minimum atomic E-state index is -0.463. The molecule has 2 aromatic rings. The van der Waals surface area contributed by atoms with Crippen LogP contribution in [0, 0.1) is 5.82 Å². The molecule has 0 radical (unpaired) electrons. The zero-order valence-corrected chi connectivity index (χ0v) is 13.3. The van der Waals surface area contributed by atoms with Gasteiger partial charge in [-0.25, -0.2) is 4.39 Å². The van der Waals surface area contributed by atoms with Crippen molar-refractivity contribution in [3.63, 3.8) is 0 Å². The Bertz CT molecular complexity index is 634. The smallest absolute Gasteiger partial charge is 0.226 e. The van der Waals surface area contributed by atoms with E-state index in [0.717, 1.165) is 10.2 Å². The number of anilines is 2. The lowest BCUT2D eigenvalue weighted by Crippen LogP contribution is -2.16. The van der Waals surface area contributed by atoms with E-state index in [2.05, 4.69) is 26.6 Å². The van der Waals surface area contributed by atoms with E-state index in [1.165, 1.54) is 12.1 Å². The van der Waals surface area contributed by atoms with Crippen LogP contribution in [0.25, 0.3) is 0 Å². The molecular formula is C15H13BrClFN2O. The molecule has 3 nitrogen and oxygen atoms in total. The summed E-state index contributed by atoms with van der Waals surface area (Å²) >= 11 is 9.01. The highest BCUT2D eigenvalue weighted by molar-refractivity contribution is 9.10. The van der Waals surface area contributed by atoms with Crippen molar-refractivity contribution in [1.82, 2.24) is 0 Å². The van der Waals surface area contributed by atoms with Crippen molar-refractivity contribution in [1.29, 1.82) is 0 Å². The second-order valence-corrected chi connectivity index (χ2v) is 5.68. The molecule has 0 aliphatic heterocycles. The van der Waals surface area contributed by atoms with Gasteiger partial charge in [-0.2, -0.15) is 0 Å². The fraction of sp³-hybridized carbons (Fsp3) is 0.133. The number of rotatable bonds is 5. The number of amides is 1. The third-order valence-electron chi connectivity index (χ3n) is 2.73. The SMILES string of the molecule is O=C(CCNc1ccc(F)c(Cl)c1)Nc1ccc(Br)cc1. The maximum atomic E-state index is 13.0.